The molecule has 0 radical (unpaired) electrons. The number of carboxylic acid groups (broad SMARTS) is 1. The van der Waals surface area contributed by atoms with Crippen LogP contribution in [0.5, 0.6) is 0 Å². The van der Waals surface area contributed by atoms with Crippen LogP contribution in [-0.2, 0) is 14.4 Å². The Morgan fingerprint density at radius 1 is 1.40 bits per heavy atom. The van der Waals surface area contributed by atoms with Crippen LogP contribution in [0.3, 0.4) is 0 Å². The van der Waals surface area contributed by atoms with Gasteiger partial charge in [-0.1, -0.05) is 6.08 Å². The van der Waals surface area contributed by atoms with Crippen molar-refractivity contribution in [3.05, 3.63) is 12.2 Å². The summed E-state index contributed by atoms with van der Waals surface area (Å²) >= 11 is 0. The minimum Gasteiger partial charge on any atom is -0.475 e. The van der Waals surface area contributed by atoms with Crippen molar-refractivity contribution in [3.8, 4) is 0 Å². The number of carboxylic acids is 1. The van der Waals surface area contributed by atoms with Crippen LogP contribution < -0.4 is 5.32 Å². The highest BCUT2D eigenvalue weighted by atomic mass is 19.4. The number of rotatable bonds is 0. The van der Waals surface area contributed by atoms with Crippen LogP contribution in [0.1, 0.15) is 6.42 Å². The number of imide groups is 1. The van der Waals surface area contributed by atoms with Crippen molar-refractivity contribution in [2.75, 3.05) is 0 Å². The number of nitrogens with one attached hydrogen (secondary N) is 1. The van der Waals surface area contributed by atoms with Crippen LogP contribution in [-0.4, -0.2) is 29.1 Å². The second-order valence-electron chi connectivity index (χ2n) is 2.32. The quantitative estimate of drug-likeness (QED) is 0.578. The molecule has 84 valence electrons. The number of alkyl halides is 3. The molecule has 5 nitrogen and oxygen atoms in total. The standard InChI is InChI=1S/C5H5NO2.C2HF3O2/c7-4-2-1-3-5(8)6-4;3-2(4,5)1(6)7/h1-2H,3H2,(H,6,7,8);(H,6,7). The van der Waals surface area contributed by atoms with Crippen molar-refractivity contribution in [2.45, 2.75) is 12.6 Å². The van der Waals surface area contributed by atoms with Crippen LogP contribution in [0.2, 0.25) is 0 Å². The fourth-order valence-corrected chi connectivity index (χ4v) is 0.503. The third-order valence-electron chi connectivity index (χ3n) is 1.08. The molecule has 8 heteroatoms. The fraction of sp³-hybridized carbons (Fsp3) is 0.286. The van der Waals surface area contributed by atoms with E-state index in [4.69, 9.17) is 9.90 Å². The van der Waals surface area contributed by atoms with E-state index in [0.29, 0.717) is 6.42 Å². The zero-order valence-corrected chi connectivity index (χ0v) is 7.17. The lowest BCUT2D eigenvalue weighted by Crippen LogP contribution is -2.30. The Morgan fingerprint density at radius 2 is 1.87 bits per heavy atom. The van der Waals surface area contributed by atoms with Gasteiger partial charge in [0.15, 0.2) is 0 Å². The molecule has 0 fully saturated rings. The Morgan fingerprint density at radius 3 is 2.07 bits per heavy atom. The lowest BCUT2D eigenvalue weighted by atomic mass is 10.3. The van der Waals surface area contributed by atoms with Gasteiger partial charge < -0.3 is 5.11 Å². The van der Waals surface area contributed by atoms with Crippen LogP contribution in [0.4, 0.5) is 13.2 Å². The number of aliphatic carboxylic acids is 1. The molecule has 1 rings (SSSR count). The molecule has 0 saturated heterocycles. The first kappa shape index (κ1) is 13.1. The van der Waals surface area contributed by atoms with Crippen molar-refractivity contribution in [1.82, 2.24) is 5.32 Å². The minimum absolute atomic E-state index is 0.225. The highest BCUT2D eigenvalue weighted by molar-refractivity contribution is 6.03. The summed E-state index contributed by atoms with van der Waals surface area (Å²) in [5.74, 6) is -3.30. The normalized spacial score (nSPS) is 15.1. The first-order chi connectivity index (χ1) is 6.73. The molecular weight excluding hydrogens is 219 g/mol. The van der Waals surface area contributed by atoms with Gasteiger partial charge in [0.2, 0.25) is 11.8 Å². The van der Waals surface area contributed by atoms with E-state index in [2.05, 4.69) is 5.32 Å². The van der Waals surface area contributed by atoms with Crippen LogP contribution in [0.25, 0.3) is 0 Å². The molecule has 0 bridgehead atoms. The lowest BCUT2D eigenvalue weighted by Gasteiger charge is -2.00. The zero-order valence-electron chi connectivity index (χ0n) is 7.17. The first-order valence-corrected chi connectivity index (χ1v) is 3.54. The monoisotopic (exact) mass is 225 g/mol. The Labute approximate surface area is 81.6 Å². The van der Waals surface area contributed by atoms with Crippen molar-refractivity contribution in [3.63, 3.8) is 0 Å². The third kappa shape index (κ3) is 6.24. The molecule has 0 aromatic heterocycles. The molecule has 1 aliphatic heterocycles. The third-order valence-corrected chi connectivity index (χ3v) is 1.08. The first-order valence-electron chi connectivity index (χ1n) is 3.54. The maximum atomic E-state index is 10.6. The van der Waals surface area contributed by atoms with Crippen molar-refractivity contribution in [1.29, 1.82) is 0 Å². The zero-order chi connectivity index (χ0) is 12.1. The summed E-state index contributed by atoms with van der Waals surface area (Å²) in [6.07, 6.45) is -1.87. The Kier molecular flexibility index (Phi) is 4.49. The number of halogens is 3. The summed E-state index contributed by atoms with van der Waals surface area (Å²) in [6, 6.07) is 0. The van der Waals surface area contributed by atoms with E-state index in [9.17, 15) is 22.8 Å². The molecule has 2 amide bonds. The van der Waals surface area contributed by atoms with Gasteiger partial charge in [0.25, 0.3) is 0 Å². The topological polar surface area (TPSA) is 83.5 Å². The average molecular weight is 225 g/mol. The SMILES string of the molecule is O=C(O)C(F)(F)F.O=C1C=CCC(=O)N1. The maximum absolute atomic E-state index is 10.6. The van der Waals surface area contributed by atoms with Crippen LogP contribution >= 0.6 is 0 Å². The molecular formula is C7H6F3NO4. The number of amides is 2. The molecule has 2 N–H and O–H groups in total. The summed E-state index contributed by atoms with van der Waals surface area (Å²) < 4.78 is 31.7. The summed E-state index contributed by atoms with van der Waals surface area (Å²) in [6.45, 7) is 0. The van der Waals surface area contributed by atoms with Crippen molar-refractivity contribution in [2.24, 2.45) is 0 Å². The second-order valence-corrected chi connectivity index (χ2v) is 2.32. The van der Waals surface area contributed by atoms with Gasteiger partial charge in [-0.25, -0.2) is 4.79 Å². The Balaban J connectivity index is 0.000000265. The number of carbonyl (C=O) groups excluding carboxylic acids is 2. The van der Waals surface area contributed by atoms with E-state index in [1.165, 1.54) is 6.08 Å². The van der Waals surface area contributed by atoms with Gasteiger partial charge in [-0.15, -0.1) is 0 Å². The lowest BCUT2D eigenvalue weighted by molar-refractivity contribution is -0.192. The van der Waals surface area contributed by atoms with Gasteiger partial charge in [0.05, 0.1) is 0 Å². The predicted molar refractivity (Wildman–Crippen MR) is 40.6 cm³/mol. The largest absolute Gasteiger partial charge is 0.490 e. The van der Waals surface area contributed by atoms with Gasteiger partial charge >= 0.3 is 12.1 Å². The van der Waals surface area contributed by atoms with Gasteiger partial charge in [-0.3, -0.25) is 14.9 Å². The molecule has 0 aromatic carbocycles. The molecule has 0 aliphatic carbocycles. The smallest absolute Gasteiger partial charge is 0.475 e. The summed E-state index contributed by atoms with van der Waals surface area (Å²) in [4.78, 5) is 29.4. The van der Waals surface area contributed by atoms with Crippen LogP contribution in [0.15, 0.2) is 12.2 Å². The second kappa shape index (κ2) is 5.13. The van der Waals surface area contributed by atoms with E-state index in [1.807, 2.05) is 0 Å². The molecule has 1 heterocycles. The van der Waals surface area contributed by atoms with E-state index >= 15 is 0 Å². The number of hydrogen-bond donors (Lipinski definition) is 2. The molecule has 0 unspecified atom stereocenters. The maximum Gasteiger partial charge on any atom is 0.490 e. The van der Waals surface area contributed by atoms with Gasteiger partial charge in [-0.2, -0.15) is 13.2 Å². The Hall–Kier alpha value is -1.86. The van der Waals surface area contributed by atoms with E-state index < -0.39 is 12.1 Å². The molecule has 0 atom stereocenters. The Bertz CT molecular complexity index is 308. The summed E-state index contributed by atoms with van der Waals surface area (Å²) in [5, 5.41) is 9.24. The highest BCUT2D eigenvalue weighted by Crippen LogP contribution is 2.13. The highest BCUT2D eigenvalue weighted by Gasteiger charge is 2.38. The van der Waals surface area contributed by atoms with E-state index in [1.54, 1.807) is 6.08 Å². The predicted octanol–water partition coefficient (Wildman–Crippen LogP) is 0.222. The van der Waals surface area contributed by atoms with Gasteiger partial charge in [0.1, 0.15) is 0 Å². The van der Waals surface area contributed by atoms with E-state index in [-0.39, 0.29) is 11.8 Å². The van der Waals surface area contributed by atoms with E-state index in [0.717, 1.165) is 0 Å². The molecule has 0 aromatic rings. The van der Waals surface area contributed by atoms with Crippen molar-refractivity contribution >= 4 is 17.8 Å². The average Bonchev–Trinajstić information content (AvgIpc) is 2.02. The molecule has 15 heavy (non-hydrogen) atoms. The molecule has 0 spiro atoms. The molecule has 1 aliphatic rings. The van der Waals surface area contributed by atoms with Gasteiger partial charge in [0, 0.05) is 6.42 Å². The molecule has 0 saturated carbocycles. The minimum atomic E-state index is -5.08. The summed E-state index contributed by atoms with van der Waals surface area (Å²) in [5.41, 5.74) is 0. The van der Waals surface area contributed by atoms with Gasteiger partial charge in [-0.05, 0) is 6.08 Å². The number of carbonyl (C=O) groups is 3. The summed E-state index contributed by atoms with van der Waals surface area (Å²) in [7, 11) is 0. The fourth-order valence-electron chi connectivity index (χ4n) is 0.503. The van der Waals surface area contributed by atoms with Crippen molar-refractivity contribution < 1.29 is 32.7 Å². The number of hydrogen-bond acceptors (Lipinski definition) is 3. The van der Waals surface area contributed by atoms with Crippen LogP contribution in [0, 0.1) is 0 Å².